The van der Waals surface area contributed by atoms with Gasteiger partial charge in [0.05, 0.1) is 21.8 Å². The molecule has 2 aliphatic rings. The van der Waals surface area contributed by atoms with Crippen LogP contribution >= 0.6 is 11.3 Å². The van der Waals surface area contributed by atoms with Crippen LogP contribution in [0.2, 0.25) is 0 Å². The Morgan fingerprint density at radius 3 is 2.79 bits per heavy atom. The van der Waals surface area contributed by atoms with E-state index in [4.69, 9.17) is 4.98 Å². The molecule has 1 amide bonds. The van der Waals surface area contributed by atoms with E-state index in [-0.39, 0.29) is 5.91 Å². The Labute approximate surface area is 169 Å². The van der Waals surface area contributed by atoms with Gasteiger partial charge in [-0.25, -0.2) is 4.98 Å². The highest BCUT2D eigenvalue weighted by atomic mass is 32.1. The first-order valence-electron chi connectivity index (χ1n) is 10.2. The van der Waals surface area contributed by atoms with E-state index in [0.717, 1.165) is 44.5 Å². The van der Waals surface area contributed by atoms with E-state index in [1.165, 1.54) is 27.3 Å². The molecular formula is C23H25N3OS. The summed E-state index contributed by atoms with van der Waals surface area (Å²) in [4.78, 5) is 22.2. The zero-order valence-electron chi connectivity index (χ0n) is 16.0. The quantitative estimate of drug-likeness (QED) is 0.676. The lowest BCUT2D eigenvalue weighted by Gasteiger charge is -2.34. The Bertz CT molecular complexity index is 965. The molecule has 3 heterocycles. The van der Waals surface area contributed by atoms with E-state index in [1.807, 2.05) is 16.2 Å². The van der Waals surface area contributed by atoms with E-state index in [0.29, 0.717) is 12.5 Å². The van der Waals surface area contributed by atoms with Crippen molar-refractivity contribution < 1.29 is 4.79 Å². The van der Waals surface area contributed by atoms with Gasteiger partial charge in [-0.05, 0) is 49.1 Å². The number of carbonyl (C=O) groups excluding carboxylic acids is 1. The molecule has 1 saturated heterocycles. The SMILES string of the molecule is O=C(CN1CCC[C@H](c2nc3ccccc3s2)C1)N1CCc2ccccc2C1. The van der Waals surface area contributed by atoms with Crippen LogP contribution in [0.4, 0.5) is 0 Å². The first-order valence-corrected chi connectivity index (χ1v) is 11.0. The number of amides is 1. The van der Waals surface area contributed by atoms with Gasteiger partial charge in [0.1, 0.15) is 0 Å². The van der Waals surface area contributed by atoms with Crippen molar-refractivity contribution in [3.63, 3.8) is 0 Å². The maximum absolute atomic E-state index is 12.9. The van der Waals surface area contributed by atoms with Crippen molar-refractivity contribution in [2.24, 2.45) is 0 Å². The third-order valence-electron chi connectivity index (χ3n) is 6.01. The standard InChI is InChI=1S/C23H25N3OS/c27-22(26-13-11-17-6-1-2-7-18(17)15-26)16-25-12-5-8-19(14-25)23-24-20-9-3-4-10-21(20)28-23/h1-4,6-7,9-10,19H,5,8,11-16H2/t19-/m0/s1. The highest BCUT2D eigenvalue weighted by molar-refractivity contribution is 7.18. The molecule has 2 aromatic carbocycles. The van der Waals surface area contributed by atoms with Gasteiger partial charge in [-0.1, -0.05) is 36.4 Å². The van der Waals surface area contributed by atoms with Crippen LogP contribution in [0.25, 0.3) is 10.2 Å². The number of likely N-dealkylation sites (tertiary alicyclic amines) is 1. The van der Waals surface area contributed by atoms with Crippen molar-refractivity contribution >= 4 is 27.5 Å². The van der Waals surface area contributed by atoms with Crippen molar-refractivity contribution in [3.8, 4) is 0 Å². The van der Waals surface area contributed by atoms with Gasteiger partial charge in [-0.3, -0.25) is 9.69 Å². The molecule has 5 rings (SSSR count). The van der Waals surface area contributed by atoms with E-state index in [2.05, 4.69) is 53.4 Å². The number of piperidine rings is 1. The third kappa shape index (κ3) is 3.56. The van der Waals surface area contributed by atoms with Crippen LogP contribution in [0.15, 0.2) is 48.5 Å². The summed E-state index contributed by atoms with van der Waals surface area (Å²) in [5.74, 6) is 0.709. The number of aromatic nitrogens is 1. The number of hydrogen-bond acceptors (Lipinski definition) is 4. The van der Waals surface area contributed by atoms with E-state index in [1.54, 1.807) is 0 Å². The predicted molar refractivity (Wildman–Crippen MR) is 114 cm³/mol. The van der Waals surface area contributed by atoms with Gasteiger partial charge in [-0.2, -0.15) is 0 Å². The van der Waals surface area contributed by atoms with Gasteiger partial charge in [0, 0.05) is 25.6 Å². The van der Waals surface area contributed by atoms with Crippen molar-refractivity contribution in [2.75, 3.05) is 26.2 Å². The van der Waals surface area contributed by atoms with Crippen LogP contribution in [-0.4, -0.2) is 46.9 Å². The normalized spacial score (nSPS) is 20.3. The van der Waals surface area contributed by atoms with Crippen LogP contribution in [0.3, 0.4) is 0 Å². The van der Waals surface area contributed by atoms with Gasteiger partial charge < -0.3 is 4.90 Å². The van der Waals surface area contributed by atoms with E-state index >= 15 is 0 Å². The van der Waals surface area contributed by atoms with Crippen LogP contribution in [0.1, 0.15) is 34.9 Å². The fraction of sp³-hybridized carbons (Fsp3) is 0.391. The second kappa shape index (κ2) is 7.64. The van der Waals surface area contributed by atoms with Crippen LogP contribution in [-0.2, 0) is 17.8 Å². The van der Waals surface area contributed by atoms with E-state index < -0.39 is 0 Å². The summed E-state index contributed by atoms with van der Waals surface area (Å²) in [7, 11) is 0. The minimum absolute atomic E-state index is 0.263. The van der Waals surface area contributed by atoms with Crippen molar-refractivity contribution in [2.45, 2.75) is 31.7 Å². The fourth-order valence-corrected chi connectivity index (χ4v) is 5.56. The lowest BCUT2D eigenvalue weighted by Crippen LogP contribution is -2.45. The van der Waals surface area contributed by atoms with Gasteiger partial charge >= 0.3 is 0 Å². The van der Waals surface area contributed by atoms with Gasteiger partial charge in [0.2, 0.25) is 5.91 Å². The minimum atomic E-state index is 0.263. The first kappa shape index (κ1) is 17.8. The molecule has 0 saturated carbocycles. The summed E-state index contributed by atoms with van der Waals surface area (Å²) < 4.78 is 1.26. The number of benzene rings is 2. The first-order chi connectivity index (χ1) is 13.8. The Morgan fingerprint density at radius 1 is 1.07 bits per heavy atom. The summed E-state index contributed by atoms with van der Waals surface area (Å²) in [6.07, 6.45) is 3.27. The molecule has 0 unspecified atom stereocenters. The summed E-state index contributed by atoms with van der Waals surface area (Å²) in [6.45, 7) is 4.08. The monoisotopic (exact) mass is 391 g/mol. The predicted octanol–water partition coefficient (Wildman–Crippen LogP) is 4.06. The molecule has 1 atom stereocenters. The van der Waals surface area contributed by atoms with Gasteiger partial charge in [0.15, 0.2) is 0 Å². The highest BCUT2D eigenvalue weighted by Gasteiger charge is 2.27. The molecular weight excluding hydrogens is 366 g/mol. The molecule has 0 radical (unpaired) electrons. The molecule has 28 heavy (non-hydrogen) atoms. The Hall–Kier alpha value is -2.24. The lowest BCUT2D eigenvalue weighted by atomic mass is 9.98. The molecule has 0 N–H and O–H groups in total. The average Bonchev–Trinajstić information content (AvgIpc) is 3.18. The van der Waals surface area contributed by atoms with E-state index in [9.17, 15) is 4.79 Å². The maximum atomic E-state index is 12.9. The summed E-state index contributed by atoms with van der Waals surface area (Å²) in [6, 6.07) is 16.9. The maximum Gasteiger partial charge on any atom is 0.237 e. The third-order valence-corrected chi connectivity index (χ3v) is 7.21. The molecule has 5 heteroatoms. The zero-order chi connectivity index (χ0) is 18.9. The second-order valence-electron chi connectivity index (χ2n) is 7.93. The number of carbonyl (C=O) groups is 1. The van der Waals surface area contributed by atoms with Gasteiger partial charge in [0.25, 0.3) is 0 Å². The lowest BCUT2D eigenvalue weighted by molar-refractivity contribution is -0.133. The van der Waals surface area contributed by atoms with Crippen LogP contribution < -0.4 is 0 Å². The number of fused-ring (bicyclic) bond motifs is 2. The number of para-hydroxylation sites is 1. The fourth-order valence-electron chi connectivity index (χ4n) is 4.47. The topological polar surface area (TPSA) is 36.4 Å². The minimum Gasteiger partial charge on any atom is -0.337 e. The number of thiazole rings is 1. The molecule has 144 valence electrons. The molecule has 1 fully saturated rings. The number of nitrogens with zero attached hydrogens (tertiary/aromatic N) is 3. The molecule has 0 spiro atoms. The van der Waals surface area contributed by atoms with Crippen molar-refractivity contribution in [1.82, 2.24) is 14.8 Å². The zero-order valence-corrected chi connectivity index (χ0v) is 16.8. The molecule has 3 aromatic rings. The molecule has 0 aliphatic carbocycles. The Kier molecular flexibility index (Phi) is 4.87. The molecule has 1 aromatic heterocycles. The number of hydrogen-bond donors (Lipinski definition) is 0. The summed E-state index contributed by atoms with van der Waals surface area (Å²) in [5.41, 5.74) is 3.79. The van der Waals surface area contributed by atoms with Crippen molar-refractivity contribution in [1.29, 1.82) is 0 Å². The largest absolute Gasteiger partial charge is 0.337 e. The molecule has 4 nitrogen and oxygen atoms in total. The molecule has 2 aliphatic heterocycles. The molecule has 0 bridgehead atoms. The van der Waals surface area contributed by atoms with Crippen molar-refractivity contribution in [3.05, 3.63) is 64.7 Å². The summed E-state index contributed by atoms with van der Waals surface area (Å²) in [5, 5.41) is 1.23. The second-order valence-corrected chi connectivity index (χ2v) is 8.99. The van der Waals surface area contributed by atoms with Gasteiger partial charge in [-0.15, -0.1) is 11.3 Å². The smallest absolute Gasteiger partial charge is 0.237 e. The summed E-state index contributed by atoms with van der Waals surface area (Å²) >= 11 is 1.81. The van der Waals surface area contributed by atoms with Crippen LogP contribution in [0, 0.1) is 0 Å². The Balaban J connectivity index is 1.24. The van der Waals surface area contributed by atoms with Crippen LogP contribution in [0.5, 0.6) is 0 Å². The average molecular weight is 392 g/mol. The number of rotatable bonds is 3. The Morgan fingerprint density at radius 2 is 1.89 bits per heavy atom. The highest BCUT2D eigenvalue weighted by Crippen LogP contribution is 2.33.